The SMILES string of the molecule is CC1C2CC(C(C)(C)O)C(O2)C1C. The van der Waals surface area contributed by atoms with Crippen LogP contribution >= 0.6 is 0 Å². The second kappa shape index (κ2) is 2.71. The summed E-state index contributed by atoms with van der Waals surface area (Å²) in [4.78, 5) is 0. The van der Waals surface area contributed by atoms with Gasteiger partial charge in [0.25, 0.3) is 0 Å². The molecule has 0 aromatic rings. The second-order valence-electron chi connectivity index (χ2n) is 5.35. The first-order valence-electron chi connectivity index (χ1n) is 5.29. The largest absolute Gasteiger partial charge is 0.390 e. The molecule has 5 unspecified atom stereocenters. The van der Waals surface area contributed by atoms with Gasteiger partial charge in [-0.2, -0.15) is 0 Å². The minimum Gasteiger partial charge on any atom is -0.390 e. The van der Waals surface area contributed by atoms with Gasteiger partial charge in [-0.15, -0.1) is 0 Å². The zero-order chi connectivity index (χ0) is 9.80. The zero-order valence-electron chi connectivity index (χ0n) is 8.95. The molecule has 2 nitrogen and oxygen atoms in total. The standard InChI is InChI=1S/C11H20O2/c1-6-7(2)10-8(11(3,4)12)5-9(6)13-10/h6-10,12H,5H2,1-4H3. The molecule has 0 aromatic carbocycles. The van der Waals surface area contributed by atoms with Gasteiger partial charge in [0, 0.05) is 5.92 Å². The highest BCUT2D eigenvalue weighted by Crippen LogP contribution is 2.49. The molecule has 0 radical (unpaired) electrons. The van der Waals surface area contributed by atoms with Crippen LogP contribution in [0, 0.1) is 17.8 Å². The molecule has 2 saturated heterocycles. The molecule has 2 heteroatoms. The van der Waals surface area contributed by atoms with Crippen molar-refractivity contribution in [2.24, 2.45) is 17.8 Å². The first-order chi connectivity index (χ1) is 5.91. The first-order valence-corrected chi connectivity index (χ1v) is 5.29. The van der Waals surface area contributed by atoms with E-state index in [1.165, 1.54) is 0 Å². The number of rotatable bonds is 1. The van der Waals surface area contributed by atoms with Gasteiger partial charge >= 0.3 is 0 Å². The molecule has 2 fully saturated rings. The monoisotopic (exact) mass is 184 g/mol. The van der Waals surface area contributed by atoms with Gasteiger partial charge in [-0.1, -0.05) is 13.8 Å². The molecule has 0 aromatic heterocycles. The Kier molecular flexibility index (Phi) is 1.97. The van der Waals surface area contributed by atoms with E-state index in [0.29, 0.717) is 30.0 Å². The normalized spacial score (nSPS) is 50.1. The first kappa shape index (κ1) is 9.47. The van der Waals surface area contributed by atoms with E-state index < -0.39 is 5.60 Å². The molecule has 2 heterocycles. The highest BCUT2D eigenvalue weighted by atomic mass is 16.5. The lowest BCUT2D eigenvalue weighted by Crippen LogP contribution is -2.42. The molecule has 2 aliphatic rings. The van der Waals surface area contributed by atoms with Gasteiger partial charge in [0.05, 0.1) is 17.8 Å². The zero-order valence-corrected chi connectivity index (χ0v) is 8.95. The fourth-order valence-corrected chi connectivity index (χ4v) is 2.89. The van der Waals surface area contributed by atoms with Crippen molar-refractivity contribution in [3.63, 3.8) is 0 Å². The van der Waals surface area contributed by atoms with E-state index in [1.807, 2.05) is 13.8 Å². The van der Waals surface area contributed by atoms with E-state index >= 15 is 0 Å². The van der Waals surface area contributed by atoms with Crippen molar-refractivity contribution in [2.45, 2.75) is 51.9 Å². The predicted octanol–water partition coefficient (Wildman–Crippen LogP) is 1.82. The predicted molar refractivity (Wildman–Crippen MR) is 51.4 cm³/mol. The Bertz CT molecular complexity index is 205. The molecule has 0 aliphatic carbocycles. The maximum absolute atomic E-state index is 9.96. The fourth-order valence-electron chi connectivity index (χ4n) is 2.89. The number of hydrogen-bond donors (Lipinski definition) is 1. The minimum atomic E-state index is -0.576. The molecule has 0 saturated carbocycles. The summed E-state index contributed by atoms with van der Waals surface area (Å²) in [5.74, 6) is 1.61. The Balaban J connectivity index is 2.15. The molecule has 1 N–H and O–H groups in total. The molecule has 2 bridgehead atoms. The molecular formula is C11H20O2. The van der Waals surface area contributed by atoms with Crippen LogP contribution in [0.2, 0.25) is 0 Å². The van der Waals surface area contributed by atoms with Crippen molar-refractivity contribution in [1.29, 1.82) is 0 Å². The van der Waals surface area contributed by atoms with Gasteiger partial charge in [0.2, 0.25) is 0 Å². The summed E-state index contributed by atoms with van der Waals surface area (Å²) in [7, 11) is 0. The number of fused-ring (bicyclic) bond motifs is 2. The summed E-state index contributed by atoms with van der Waals surface area (Å²) >= 11 is 0. The summed E-state index contributed by atoms with van der Waals surface area (Å²) < 4.78 is 5.88. The lowest BCUT2D eigenvalue weighted by molar-refractivity contribution is -0.0293. The van der Waals surface area contributed by atoms with E-state index in [4.69, 9.17) is 4.74 Å². The highest BCUT2D eigenvalue weighted by Gasteiger charge is 2.54. The summed E-state index contributed by atoms with van der Waals surface area (Å²) in [6, 6.07) is 0. The lowest BCUT2D eigenvalue weighted by atomic mass is 9.70. The van der Waals surface area contributed by atoms with E-state index in [0.717, 1.165) is 6.42 Å². The van der Waals surface area contributed by atoms with Crippen LogP contribution in [0.15, 0.2) is 0 Å². The number of aliphatic hydroxyl groups is 1. The van der Waals surface area contributed by atoms with Gasteiger partial charge in [0.15, 0.2) is 0 Å². The Morgan fingerprint density at radius 2 is 1.85 bits per heavy atom. The maximum Gasteiger partial charge on any atom is 0.0664 e. The molecular weight excluding hydrogens is 164 g/mol. The Morgan fingerprint density at radius 3 is 2.23 bits per heavy atom. The topological polar surface area (TPSA) is 29.5 Å². The van der Waals surface area contributed by atoms with Crippen molar-refractivity contribution in [1.82, 2.24) is 0 Å². The Morgan fingerprint density at radius 1 is 1.23 bits per heavy atom. The maximum atomic E-state index is 9.96. The Labute approximate surface area is 80.3 Å². The van der Waals surface area contributed by atoms with Crippen LogP contribution in [0.25, 0.3) is 0 Å². The average Bonchev–Trinajstić information content (AvgIpc) is 2.51. The van der Waals surface area contributed by atoms with Crippen molar-refractivity contribution in [3.05, 3.63) is 0 Å². The van der Waals surface area contributed by atoms with E-state index in [9.17, 15) is 5.11 Å². The van der Waals surface area contributed by atoms with Crippen molar-refractivity contribution >= 4 is 0 Å². The molecule has 0 spiro atoms. The summed E-state index contributed by atoms with van der Waals surface area (Å²) in [6.07, 6.45) is 1.73. The minimum absolute atomic E-state index is 0.292. The molecule has 2 rings (SSSR count). The third-order valence-electron chi connectivity index (χ3n) is 4.06. The van der Waals surface area contributed by atoms with Crippen LogP contribution in [-0.4, -0.2) is 22.9 Å². The quantitative estimate of drug-likeness (QED) is 0.673. The van der Waals surface area contributed by atoms with Crippen LogP contribution in [0.5, 0.6) is 0 Å². The number of hydrogen-bond acceptors (Lipinski definition) is 2. The molecule has 76 valence electrons. The molecule has 5 atom stereocenters. The molecule has 2 aliphatic heterocycles. The van der Waals surface area contributed by atoms with Crippen LogP contribution in [-0.2, 0) is 4.74 Å². The van der Waals surface area contributed by atoms with Crippen LogP contribution in [0.4, 0.5) is 0 Å². The number of ether oxygens (including phenoxy) is 1. The summed E-state index contributed by atoms with van der Waals surface area (Å²) in [5, 5.41) is 9.96. The van der Waals surface area contributed by atoms with Gasteiger partial charge in [-0.05, 0) is 32.1 Å². The van der Waals surface area contributed by atoms with E-state index in [-0.39, 0.29) is 0 Å². The van der Waals surface area contributed by atoms with E-state index in [1.54, 1.807) is 0 Å². The average molecular weight is 184 g/mol. The van der Waals surface area contributed by atoms with E-state index in [2.05, 4.69) is 13.8 Å². The van der Waals surface area contributed by atoms with Crippen LogP contribution in [0.1, 0.15) is 34.1 Å². The van der Waals surface area contributed by atoms with Crippen molar-refractivity contribution in [3.8, 4) is 0 Å². The van der Waals surface area contributed by atoms with Crippen LogP contribution < -0.4 is 0 Å². The molecule has 0 amide bonds. The van der Waals surface area contributed by atoms with Gasteiger partial charge in [-0.3, -0.25) is 0 Å². The second-order valence-corrected chi connectivity index (χ2v) is 5.35. The summed E-state index contributed by atoms with van der Waals surface area (Å²) in [5.41, 5.74) is -0.576. The summed E-state index contributed by atoms with van der Waals surface area (Å²) in [6.45, 7) is 8.31. The van der Waals surface area contributed by atoms with Crippen LogP contribution in [0.3, 0.4) is 0 Å². The lowest BCUT2D eigenvalue weighted by Gasteiger charge is -2.35. The third kappa shape index (κ3) is 1.31. The highest BCUT2D eigenvalue weighted by molar-refractivity contribution is 5.02. The smallest absolute Gasteiger partial charge is 0.0664 e. The van der Waals surface area contributed by atoms with Gasteiger partial charge in [0.1, 0.15) is 0 Å². The van der Waals surface area contributed by atoms with Crippen molar-refractivity contribution in [2.75, 3.05) is 0 Å². The van der Waals surface area contributed by atoms with Gasteiger partial charge in [-0.25, -0.2) is 0 Å². The third-order valence-corrected chi connectivity index (χ3v) is 4.06. The van der Waals surface area contributed by atoms with Crippen molar-refractivity contribution < 1.29 is 9.84 Å². The fraction of sp³-hybridized carbons (Fsp3) is 1.00. The Hall–Kier alpha value is -0.0800. The van der Waals surface area contributed by atoms with Gasteiger partial charge < -0.3 is 9.84 Å². The molecule has 13 heavy (non-hydrogen) atoms.